The predicted octanol–water partition coefficient (Wildman–Crippen LogP) is 3.88. The summed E-state index contributed by atoms with van der Waals surface area (Å²) < 4.78 is 4.25. The van der Waals surface area contributed by atoms with Crippen molar-refractivity contribution in [1.82, 2.24) is 18.6 Å². The van der Waals surface area contributed by atoms with Crippen molar-refractivity contribution in [3.63, 3.8) is 0 Å². The lowest BCUT2D eigenvalue weighted by Crippen LogP contribution is -2.38. The van der Waals surface area contributed by atoms with Crippen molar-refractivity contribution in [3.05, 3.63) is 24.8 Å². The van der Waals surface area contributed by atoms with Gasteiger partial charge in [-0.25, -0.2) is 14.6 Å². The van der Waals surface area contributed by atoms with Gasteiger partial charge in [0.05, 0.1) is 12.3 Å². The summed E-state index contributed by atoms with van der Waals surface area (Å²) in [7, 11) is 1.61. The van der Waals surface area contributed by atoms with Crippen LogP contribution in [0.5, 0.6) is 0 Å². The Morgan fingerprint density at radius 1 is 1.46 bits per heavy atom. The van der Waals surface area contributed by atoms with Gasteiger partial charge in [-0.2, -0.15) is 5.26 Å². The van der Waals surface area contributed by atoms with Crippen LogP contribution in [0.25, 0.3) is 22.1 Å². The zero-order valence-corrected chi connectivity index (χ0v) is 16.2. The normalized spacial score (nSPS) is 21.0. The molecular formula is C16H17IN6S. The van der Waals surface area contributed by atoms with Crippen LogP contribution in [-0.4, -0.2) is 31.2 Å². The minimum absolute atomic E-state index is 0.434. The molecule has 2 atom stereocenters. The lowest BCUT2D eigenvalue weighted by Gasteiger charge is -2.27. The molecule has 0 aliphatic carbocycles. The lowest BCUT2D eigenvalue weighted by molar-refractivity contribution is 0.530. The molecule has 0 spiro atoms. The first-order valence-corrected chi connectivity index (χ1v) is 11.3. The van der Waals surface area contributed by atoms with Gasteiger partial charge in [-0.3, -0.25) is 3.97 Å². The average molecular weight is 452 g/mol. The summed E-state index contributed by atoms with van der Waals surface area (Å²) in [5, 5.41) is 12.5. The standard InChI is InChI=1S/C16H17IN6S/c1-2-12-7-11(3-5-18)9-21(12)22-10-20-14-8-19-16-13(15(14)22)4-6-23(16)24-17/h4,6,8,10-12H,2-3,7,9H2,1H3/t11?,12-/m1/s1. The first-order chi connectivity index (χ1) is 11.8. The van der Waals surface area contributed by atoms with E-state index < -0.39 is 0 Å². The molecule has 4 heterocycles. The zero-order chi connectivity index (χ0) is 16.7. The lowest BCUT2D eigenvalue weighted by atomic mass is 10.0. The van der Waals surface area contributed by atoms with Crippen LogP contribution in [0.15, 0.2) is 24.8 Å². The highest BCUT2D eigenvalue weighted by Crippen LogP contribution is 2.32. The van der Waals surface area contributed by atoms with Crippen molar-refractivity contribution in [1.29, 1.82) is 5.26 Å². The number of pyridine rings is 1. The van der Waals surface area contributed by atoms with Crippen LogP contribution >= 0.6 is 30.3 Å². The quantitative estimate of drug-likeness (QED) is 0.563. The monoisotopic (exact) mass is 452 g/mol. The van der Waals surface area contributed by atoms with Gasteiger partial charge in [-0.15, -0.1) is 0 Å². The predicted molar refractivity (Wildman–Crippen MR) is 106 cm³/mol. The van der Waals surface area contributed by atoms with Crippen LogP contribution in [-0.2, 0) is 0 Å². The van der Waals surface area contributed by atoms with Crippen molar-refractivity contribution in [2.75, 3.05) is 11.6 Å². The van der Waals surface area contributed by atoms with Crippen molar-refractivity contribution < 1.29 is 0 Å². The largest absolute Gasteiger partial charge is 0.308 e. The maximum absolute atomic E-state index is 9.04. The molecule has 1 aliphatic heterocycles. The third kappa shape index (κ3) is 2.45. The van der Waals surface area contributed by atoms with E-state index in [4.69, 9.17) is 5.26 Å². The van der Waals surface area contributed by atoms with Crippen LogP contribution in [0.4, 0.5) is 0 Å². The van der Waals surface area contributed by atoms with Crippen LogP contribution in [0.3, 0.4) is 0 Å². The van der Waals surface area contributed by atoms with Crippen LogP contribution in [0, 0.1) is 17.2 Å². The van der Waals surface area contributed by atoms with E-state index in [9.17, 15) is 0 Å². The molecule has 1 saturated heterocycles. The minimum Gasteiger partial charge on any atom is -0.308 e. The van der Waals surface area contributed by atoms with Crippen LogP contribution < -0.4 is 5.01 Å². The number of nitrogens with zero attached hydrogens (tertiary/aromatic N) is 6. The van der Waals surface area contributed by atoms with Gasteiger partial charge < -0.3 is 5.01 Å². The molecule has 1 aliphatic rings. The summed E-state index contributed by atoms with van der Waals surface area (Å²) >= 11 is 2.26. The Bertz CT molecular complexity index is 926. The van der Waals surface area contributed by atoms with E-state index >= 15 is 0 Å². The number of fused-ring (bicyclic) bond motifs is 3. The maximum atomic E-state index is 9.04. The molecule has 3 aromatic rings. The summed E-state index contributed by atoms with van der Waals surface area (Å²) in [6.45, 7) is 3.12. The molecule has 4 rings (SSSR count). The highest BCUT2D eigenvalue weighted by Gasteiger charge is 2.32. The molecule has 1 fully saturated rings. The fourth-order valence-corrected chi connectivity index (χ4v) is 4.98. The molecule has 124 valence electrons. The number of imidazole rings is 1. The Kier molecular flexibility index (Phi) is 4.30. The number of aromatic nitrogens is 4. The topological polar surface area (TPSA) is 62.7 Å². The molecule has 0 radical (unpaired) electrons. The van der Waals surface area contributed by atoms with E-state index in [1.807, 2.05) is 18.7 Å². The number of halogens is 1. The van der Waals surface area contributed by atoms with E-state index in [0.717, 1.165) is 41.5 Å². The molecule has 24 heavy (non-hydrogen) atoms. The number of hydrogen-bond acceptors (Lipinski definition) is 5. The molecule has 6 nitrogen and oxygen atoms in total. The molecule has 8 heteroatoms. The van der Waals surface area contributed by atoms with Gasteiger partial charge in [0.1, 0.15) is 17.4 Å². The van der Waals surface area contributed by atoms with Gasteiger partial charge in [0.2, 0.25) is 0 Å². The molecule has 0 amide bonds. The average Bonchev–Trinajstić information content (AvgIpc) is 3.29. The third-order valence-electron chi connectivity index (χ3n) is 4.84. The number of hydrogen-bond donors (Lipinski definition) is 0. The number of rotatable bonds is 4. The Balaban J connectivity index is 1.84. The van der Waals surface area contributed by atoms with Gasteiger partial charge in [0.25, 0.3) is 0 Å². The Hall–Kier alpha value is -1.47. The first kappa shape index (κ1) is 16.0. The third-order valence-corrected chi connectivity index (χ3v) is 6.56. The molecule has 0 saturated carbocycles. The Morgan fingerprint density at radius 3 is 3.08 bits per heavy atom. The number of nitriles is 1. The second-order valence-electron chi connectivity index (χ2n) is 6.18. The van der Waals surface area contributed by atoms with Gasteiger partial charge in [-0.1, -0.05) is 6.92 Å². The highest BCUT2D eigenvalue weighted by molar-refractivity contribution is 14.2. The van der Waals surface area contributed by atoms with E-state index in [1.165, 1.54) is 0 Å². The SMILES string of the molecule is CC[C@@H]1CC(CC#N)CN1n1cnc2cnc3c(ccn3SI)c21. The minimum atomic E-state index is 0.434. The fourth-order valence-electron chi connectivity index (χ4n) is 3.71. The van der Waals surface area contributed by atoms with Gasteiger partial charge in [0, 0.05) is 60.9 Å². The van der Waals surface area contributed by atoms with Gasteiger partial charge in [0.15, 0.2) is 5.65 Å². The summed E-state index contributed by atoms with van der Waals surface area (Å²) in [4.78, 5) is 9.13. The van der Waals surface area contributed by atoms with Crippen molar-refractivity contribution >= 4 is 52.4 Å². The Morgan fingerprint density at radius 2 is 2.33 bits per heavy atom. The summed E-state index contributed by atoms with van der Waals surface area (Å²) in [5.74, 6) is 0.434. The molecule has 1 unspecified atom stereocenters. The van der Waals surface area contributed by atoms with Crippen molar-refractivity contribution in [2.24, 2.45) is 5.92 Å². The van der Waals surface area contributed by atoms with E-state index in [1.54, 1.807) is 9.12 Å². The van der Waals surface area contributed by atoms with Crippen molar-refractivity contribution in [3.8, 4) is 6.07 Å². The zero-order valence-electron chi connectivity index (χ0n) is 13.3. The molecule has 0 bridgehead atoms. The molecule has 0 N–H and O–H groups in total. The fraction of sp³-hybridized carbons (Fsp3) is 0.438. The molecule has 3 aromatic heterocycles. The Labute approximate surface area is 156 Å². The van der Waals surface area contributed by atoms with E-state index in [2.05, 4.69) is 63.9 Å². The van der Waals surface area contributed by atoms with Crippen LogP contribution in [0.2, 0.25) is 0 Å². The van der Waals surface area contributed by atoms with E-state index in [-0.39, 0.29) is 0 Å². The van der Waals surface area contributed by atoms with Gasteiger partial charge >= 0.3 is 0 Å². The second kappa shape index (κ2) is 6.44. The highest BCUT2D eigenvalue weighted by atomic mass is 127. The first-order valence-electron chi connectivity index (χ1n) is 8.02. The summed E-state index contributed by atoms with van der Waals surface area (Å²) in [6, 6.07) is 4.89. The summed E-state index contributed by atoms with van der Waals surface area (Å²) in [5.41, 5.74) is 2.99. The summed E-state index contributed by atoms with van der Waals surface area (Å²) in [6.07, 6.45) is 8.56. The second-order valence-corrected chi connectivity index (χ2v) is 7.89. The van der Waals surface area contributed by atoms with E-state index in [0.29, 0.717) is 18.4 Å². The maximum Gasteiger partial charge on any atom is 0.152 e. The van der Waals surface area contributed by atoms with Crippen molar-refractivity contribution in [2.45, 2.75) is 32.2 Å². The molecular weight excluding hydrogens is 435 g/mol. The smallest absolute Gasteiger partial charge is 0.152 e. The molecule has 0 aromatic carbocycles. The van der Waals surface area contributed by atoms with Gasteiger partial charge in [-0.05, 0) is 24.8 Å². The van der Waals surface area contributed by atoms with Crippen LogP contribution in [0.1, 0.15) is 26.2 Å².